The molecule has 0 aliphatic carbocycles. The largest absolute Gasteiger partial charge is 0.419 e. The summed E-state index contributed by atoms with van der Waals surface area (Å²) in [6.45, 7) is 7.59. The number of fused-ring (bicyclic) bond motifs is 1. The van der Waals surface area contributed by atoms with Gasteiger partial charge in [-0.3, -0.25) is 9.47 Å². The van der Waals surface area contributed by atoms with Gasteiger partial charge in [-0.15, -0.1) is 0 Å². The Labute approximate surface area is 165 Å². The average Bonchev–Trinajstić information content (AvgIpc) is 2.99. The van der Waals surface area contributed by atoms with Crippen LogP contribution in [0.15, 0.2) is 32.3 Å². The van der Waals surface area contributed by atoms with Crippen molar-refractivity contribution in [2.24, 2.45) is 13.0 Å². The Balaban J connectivity index is 1.80. The van der Waals surface area contributed by atoms with Crippen LogP contribution in [0.1, 0.15) is 26.7 Å². The van der Waals surface area contributed by atoms with E-state index in [2.05, 4.69) is 23.5 Å². The fraction of sp³-hybridized carbons (Fsp3) is 0.632. The molecule has 0 spiro atoms. The molecule has 0 saturated carbocycles. The summed E-state index contributed by atoms with van der Waals surface area (Å²) in [4.78, 5) is 14.1. The van der Waals surface area contributed by atoms with Gasteiger partial charge >= 0.3 is 5.76 Å². The van der Waals surface area contributed by atoms with Crippen molar-refractivity contribution in [3.63, 3.8) is 0 Å². The summed E-state index contributed by atoms with van der Waals surface area (Å²) < 4.78 is 40.4. The zero-order chi connectivity index (χ0) is 20.3. The summed E-state index contributed by atoms with van der Waals surface area (Å²) in [5.41, 5.74) is 0.826. The maximum atomic E-state index is 12.9. The topological polar surface area (TPSA) is 93.8 Å². The second kappa shape index (κ2) is 8.77. The normalized spacial score (nSPS) is 17.4. The van der Waals surface area contributed by atoms with E-state index >= 15 is 0 Å². The van der Waals surface area contributed by atoms with Crippen LogP contribution < -0.4 is 10.5 Å². The molecule has 0 amide bonds. The Morgan fingerprint density at radius 3 is 2.50 bits per heavy atom. The monoisotopic (exact) mass is 411 g/mol. The van der Waals surface area contributed by atoms with Gasteiger partial charge in [0.2, 0.25) is 10.0 Å². The highest BCUT2D eigenvalue weighted by atomic mass is 32.2. The molecular formula is C19H29N3O5S. The predicted molar refractivity (Wildman–Crippen MR) is 107 cm³/mol. The SMILES string of the molecule is CCC(CC)[C@H](CNS(=O)(=O)c1ccc2c(c1)oc(=O)n2C)N1CCOCC1. The molecule has 3 rings (SSSR count). The molecule has 1 aliphatic rings. The van der Waals surface area contributed by atoms with E-state index < -0.39 is 15.8 Å². The van der Waals surface area contributed by atoms with Crippen LogP contribution in [-0.2, 0) is 21.8 Å². The number of benzene rings is 1. The minimum atomic E-state index is -3.72. The molecule has 1 aromatic heterocycles. The first kappa shape index (κ1) is 21.0. The zero-order valence-electron chi connectivity index (χ0n) is 16.7. The fourth-order valence-corrected chi connectivity index (χ4v) is 4.96. The van der Waals surface area contributed by atoms with Gasteiger partial charge in [-0.2, -0.15) is 0 Å². The van der Waals surface area contributed by atoms with E-state index in [1.165, 1.54) is 16.7 Å². The standard InChI is InChI=1S/C19H29N3O5S/c1-4-14(5-2)17(22-8-10-26-11-9-22)13-20-28(24,25)15-6-7-16-18(12-15)27-19(23)21(16)3/h6-7,12,14,17,20H,4-5,8-11,13H2,1-3H3/t17-/m0/s1. The first-order valence-electron chi connectivity index (χ1n) is 9.78. The number of nitrogens with zero attached hydrogens (tertiary/aromatic N) is 2. The van der Waals surface area contributed by atoms with Crippen molar-refractivity contribution in [3.05, 3.63) is 28.7 Å². The second-order valence-corrected chi connectivity index (χ2v) is 8.97. The van der Waals surface area contributed by atoms with Crippen LogP contribution >= 0.6 is 0 Å². The number of aromatic nitrogens is 1. The molecule has 1 aromatic carbocycles. The number of ether oxygens (including phenoxy) is 1. The maximum absolute atomic E-state index is 12.9. The third-order valence-corrected chi connectivity index (χ3v) is 7.09. The molecular weight excluding hydrogens is 382 g/mol. The molecule has 0 unspecified atom stereocenters. The molecule has 1 aliphatic heterocycles. The number of rotatable bonds is 8. The minimum Gasteiger partial charge on any atom is -0.408 e. The maximum Gasteiger partial charge on any atom is 0.419 e. The number of hydrogen-bond donors (Lipinski definition) is 1. The van der Waals surface area contributed by atoms with Crippen LogP contribution in [0.2, 0.25) is 0 Å². The summed E-state index contributed by atoms with van der Waals surface area (Å²) in [6, 6.07) is 4.61. The number of hydrogen-bond acceptors (Lipinski definition) is 6. The van der Waals surface area contributed by atoms with Crippen LogP contribution in [-0.4, -0.2) is 56.8 Å². The van der Waals surface area contributed by atoms with Gasteiger partial charge in [-0.25, -0.2) is 17.9 Å². The molecule has 1 fully saturated rings. The van der Waals surface area contributed by atoms with Crippen molar-refractivity contribution in [2.45, 2.75) is 37.6 Å². The van der Waals surface area contributed by atoms with E-state index in [-0.39, 0.29) is 16.5 Å². The summed E-state index contributed by atoms with van der Waals surface area (Å²) in [7, 11) is -2.13. The highest BCUT2D eigenvalue weighted by molar-refractivity contribution is 7.89. The molecule has 0 bridgehead atoms. The number of morpholine rings is 1. The van der Waals surface area contributed by atoms with Crippen molar-refractivity contribution in [1.29, 1.82) is 0 Å². The number of sulfonamides is 1. The Bertz CT molecular complexity index is 956. The van der Waals surface area contributed by atoms with Gasteiger partial charge in [-0.05, 0) is 18.1 Å². The summed E-state index contributed by atoms with van der Waals surface area (Å²) in [5.74, 6) is -0.117. The highest BCUT2D eigenvalue weighted by Crippen LogP contribution is 2.21. The van der Waals surface area contributed by atoms with E-state index in [0.29, 0.717) is 31.2 Å². The molecule has 8 nitrogen and oxygen atoms in total. The predicted octanol–water partition coefficient (Wildman–Crippen LogP) is 1.55. The Morgan fingerprint density at radius 1 is 1.18 bits per heavy atom. The molecule has 1 atom stereocenters. The van der Waals surface area contributed by atoms with E-state index in [1.807, 2.05) is 0 Å². The second-order valence-electron chi connectivity index (χ2n) is 7.20. The van der Waals surface area contributed by atoms with E-state index in [0.717, 1.165) is 25.9 Å². The highest BCUT2D eigenvalue weighted by Gasteiger charge is 2.28. The third kappa shape index (κ3) is 4.32. The average molecular weight is 412 g/mol. The molecule has 28 heavy (non-hydrogen) atoms. The van der Waals surface area contributed by atoms with Crippen LogP contribution in [0, 0.1) is 5.92 Å². The van der Waals surface area contributed by atoms with E-state index in [1.54, 1.807) is 13.1 Å². The van der Waals surface area contributed by atoms with Crippen LogP contribution in [0.25, 0.3) is 11.1 Å². The van der Waals surface area contributed by atoms with Gasteiger partial charge in [0.15, 0.2) is 5.58 Å². The zero-order valence-corrected chi connectivity index (χ0v) is 17.5. The van der Waals surface area contributed by atoms with Crippen molar-refractivity contribution in [2.75, 3.05) is 32.8 Å². The number of oxazole rings is 1. The molecule has 2 heterocycles. The molecule has 1 saturated heterocycles. The summed E-state index contributed by atoms with van der Waals surface area (Å²) in [5, 5.41) is 0. The quantitative estimate of drug-likeness (QED) is 0.708. The minimum absolute atomic E-state index is 0.0969. The van der Waals surface area contributed by atoms with Crippen molar-refractivity contribution >= 4 is 21.1 Å². The van der Waals surface area contributed by atoms with Gasteiger partial charge in [0.05, 0.1) is 23.6 Å². The van der Waals surface area contributed by atoms with Gasteiger partial charge in [0.25, 0.3) is 0 Å². The van der Waals surface area contributed by atoms with Crippen LogP contribution in [0.4, 0.5) is 0 Å². The molecule has 0 radical (unpaired) electrons. The summed E-state index contributed by atoms with van der Waals surface area (Å²) in [6.07, 6.45) is 1.97. The number of aryl methyl sites for hydroxylation is 1. The van der Waals surface area contributed by atoms with E-state index in [4.69, 9.17) is 9.15 Å². The van der Waals surface area contributed by atoms with Gasteiger partial charge < -0.3 is 9.15 Å². The Morgan fingerprint density at radius 2 is 1.86 bits per heavy atom. The van der Waals surface area contributed by atoms with Crippen molar-refractivity contribution in [1.82, 2.24) is 14.2 Å². The van der Waals surface area contributed by atoms with Gasteiger partial charge in [0.1, 0.15) is 0 Å². The van der Waals surface area contributed by atoms with E-state index in [9.17, 15) is 13.2 Å². The summed E-state index contributed by atoms with van der Waals surface area (Å²) >= 11 is 0. The molecule has 2 aromatic rings. The lowest BCUT2D eigenvalue weighted by Gasteiger charge is -2.38. The molecule has 1 N–H and O–H groups in total. The first-order valence-corrected chi connectivity index (χ1v) is 11.3. The first-order chi connectivity index (χ1) is 13.4. The lowest BCUT2D eigenvalue weighted by Crippen LogP contribution is -2.52. The number of nitrogens with one attached hydrogen (secondary N) is 1. The Kier molecular flexibility index (Phi) is 6.59. The molecule has 9 heteroatoms. The fourth-order valence-electron chi connectivity index (χ4n) is 3.90. The lowest BCUT2D eigenvalue weighted by molar-refractivity contribution is 0.00297. The smallest absolute Gasteiger partial charge is 0.408 e. The van der Waals surface area contributed by atoms with Crippen LogP contribution in [0.5, 0.6) is 0 Å². The third-order valence-electron chi connectivity index (χ3n) is 5.66. The van der Waals surface area contributed by atoms with Gasteiger partial charge in [-0.1, -0.05) is 26.7 Å². The van der Waals surface area contributed by atoms with Gasteiger partial charge in [0, 0.05) is 38.8 Å². The van der Waals surface area contributed by atoms with Crippen molar-refractivity contribution in [3.8, 4) is 0 Å². The lowest BCUT2D eigenvalue weighted by atomic mass is 9.92. The van der Waals surface area contributed by atoms with Crippen LogP contribution in [0.3, 0.4) is 0 Å². The van der Waals surface area contributed by atoms with Crippen molar-refractivity contribution < 1.29 is 17.6 Å². The Hall–Kier alpha value is -1.68. The molecule has 156 valence electrons.